The Kier molecular flexibility index (Phi) is 4.87. The summed E-state index contributed by atoms with van der Waals surface area (Å²) in [6.45, 7) is 8.46. The van der Waals surface area contributed by atoms with Crippen LogP contribution in [0.4, 0.5) is 0 Å². The third-order valence-electron chi connectivity index (χ3n) is 4.76. The summed E-state index contributed by atoms with van der Waals surface area (Å²) in [7, 11) is 2.16. The van der Waals surface area contributed by atoms with E-state index in [0.29, 0.717) is 5.92 Å². The average molecular weight is 275 g/mol. The highest BCUT2D eigenvalue weighted by atomic mass is 16.3. The van der Waals surface area contributed by atoms with Crippen LogP contribution in [-0.4, -0.2) is 29.7 Å². The summed E-state index contributed by atoms with van der Waals surface area (Å²) in [6, 6.07) is 8.74. The van der Waals surface area contributed by atoms with Crippen molar-refractivity contribution in [1.82, 2.24) is 4.90 Å². The molecule has 0 saturated heterocycles. The van der Waals surface area contributed by atoms with E-state index in [0.717, 1.165) is 25.9 Å². The lowest BCUT2D eigenvalue weighted by Gasteiger charge is -2.42. The third-order valence-corrected chi connectivity index (χ3v) is 4.76. The molecule has 1 fully saturated rings. The Labute approximate surface area is 123 Å². The van der Waals surface area contributed by atoms with E-state index in [9.17, 15) is 5.11 Å². The molecule has 1 aromatic carbocycles. The largest absolute Gasteiger partial charge is 0.392 e. The van der Waals surface area contributed by atoms with E-state index >= 15 is 0 Å². The van der Waals surface area contributed by atoms with Crippen LogP contribution in [0.3, 0.4) is 0 Å². The maximum absolute atomic E-state index is 10.5. The van der Waals surface area contributed by atoms with Crippen LogP contribution in [0.25, 0.3) is 0 Å². The maximum Gasteiger partial charge on any atom is 0.0631 e. The quantitative estimate of drug-likeness (QED) is 0.907. The Morgan fingerprint density at radius 1 is 1.25 bits per heavy atom. The molecule has 0 radical (unpaired) electrons. The van der Waals surface area contributed by atoms with Crippen LogP contribution in [0.2, 0.25) is 0 Å². The molecule has 0 aromatic heterocycles. The van der Waals surface area contributed by atoms with Crippen molar-refractivity contribution in [1.29, 1.82) is 0 Å². The van der Waals surface area contributed by atoms with Gasteiger partial charge in [0, 0.05) is 13.1 Å². The van der Waals surface area contributed by atoms with Gasteiger partial charge >= 0.3 is 0 Å². The molecular weight excluding hydrogens is 246 g/mol. The molecule has 2 rings (SSSR count). The smallest absolute Gasteiger partial charge is 0.0631 e. The van der Waals surface area contributed by atoms with E-state index in [4.69, 9.17) is 0 Å². The van der Waals surface area contributed by atoms with Crippen LogP contribution in [0, 0.1) is 18.3 Å². The van der Waals surface area contributed by atoms with Crippen LogP contribution in [0.5, 0.6) is 0 Å². The van der Waals surface area contributed by atoms with Gasteiger partial charge in [-0.25, -0.2) is 0 Å². The lowest BCUT2D eigenvalue weighted by molar-refractivity contribution is -0.0414. The molecular formula is C18H29NO. The van der Waals surface area contributed by atoms with Crippen LogP contribution in [0.15, 0.2) is 24.3 Å². The Bertz CT molecular complexity index is 424. The van der Waals surface area contributed by atoms with E-state index in [2.05, 4.69) is 57.0 Å². The molecule has 0 bridgehead atoms. The lowest BCUT2D eigenvalue weighted by atomic mass is 9.69. The average Bonchev–Trinajstić information content (AvgIpc) is 2.38. The van der Waals surface area contributed by atoms with Gasteiger partial charge < -0.3 is 10.0 Å². The van der Waals surface area contributed by atoms with Gasteiger partial charge in [0.1, 0.15) is 0 Å². The van der Waals surface area contributed by atoms with Crippen LogP contribution in [0.1, 0.15) is 44.2 Å². The van der Waals surface area contributed by atoms with E-state index < -0.39 is 0 Å². The molecule has 0 spiro atoms. The molecule has 1 aromatic rings. The standard InChI is InChI=1S/C18H29NO/c1-14-7-9-15(10-8-14)12-19(4)13-16-6-5-11-18(2,3)17(16)20/h7-10,16-17,20H,5-6,11-13H2,1-4H3. The maximum atomic E-state index is 10.5. The first-order valence-electron chi connectivity index (χ1n) is 7.80. The second-order valence-electron chi connectivity index (χ2n) is 7.27. The van der Waals surface area contributed by atoms with Crippen molar-refractivity contribution in [2.75, 3.05) is 13.6 Å². The van der Waals surface area contributed by atoms with E-state index in [1.54, 1.807) is 0 Å². The predicted octanol–water partition coefficient (Wildman–Crippen LogP) is 3.61. The van der Waals surface area contributed by atoms with E-state index in [1.165, 1.54) is 17.5 Å². The van der Waals surface area contributed by atoms with Crippen molar-refractivity contribution in [2.45, 2.75) is 52.7 Å². The zero-order valence-corrected chi connectivity index (χ0v) is 13.4. The summed E-state index contributed by atoms with van der Waals surface area (Å²) in [4.78, 5) is 2.35. The molecule has 20 heavy (non-hydrogen) atoms. The minimum Gasteiger partial charge on any atom is -0.392 e. The van der Waals surface area contributed by atoms with Crippen molar-refractivity contribution in [3.05, 3.63) is 35.4 Å². The Morgan fingerprint density at radius 3 is 2.55 bits per heavy atom. The Morgan fingerprint density at radius 2 is 1.90 bits per heavy atom. The number of hydrogen-bond donors (Lipinski definition) is 1. The fourth-order valence-corrected chi connectivity index (χ4v) is 3.42. The molecule has 0 heterocycles. The number of rotatable bonds is 4. The summed E-state index contributed by atoms with van der Waals surface area (Å²) in [5.41, 5.74) is 2.73. The van der Waals surface area contributed by atoms with Gasteiger partial charge in [-0.2, -0.15) is 0 Å². The molecule has 1 saturated carbocycles. The summed E-state index contributed by atoms with van der Waals surface area (Å²) in [5.74, 6) is 0.411. The van der Waals surface area contributed by atoms with Gasteiger partial charge in [0.15, 0.2) is 0 Å². The molecule has 2 unspecified atom stereocenters. The topological polar surface area (TPSA) is 23.5 Å². The zero-order valence-electron chi connectivity index (χ0n) is 13.4. The summed E-state index contributed by atoms with van der Waals surface area (Å²) < 4.78 is 0. The molecule has 1 aliphatic rings. The second kappa shape index (κ2) is 6.28. The van der Waals surface area contributed by atoms with Gasteiger partial charge in [0.05, 0.1) is 6.10 Å². The van der Waals surface area contributed by atoms with Gasteiger partial charge in [-0.05, 0) is 43.7 Å². The fraction of sp³-hybridized carbons (Fsp3) is 0.667. The van der Waals surface area contributed by atoms with E-state index in [1.807, 2.05) is 0 Å². The number of aryl methyl sites for hydroxylation is 1. The van der Waals surface area contributed by atoms with Crippen molar-refractivity contribution in [3.8, 4) is 0 Å². The molecule has 112 valence electrons. The highest BCUT2D eigenvalue weighted by molar-refractivity contribution is 5.21. The van der Waals surface area contributed by atoms with E-state index in [-0.39, 0.29) is 11.5 Å². The van der Waals surface area contributed by atoms with Gasteiger partial charge in [0.2, 0.25) is 0 Å². The predicted molar refractivity (Wildman–Crippen MR) is 84.6 cm³/mol. The second-order valence-corrected chi connectivity index (χ2v) is 7.27. The van der Waals surface area contributed by atoms with Crippen molar-refractivity contribution in [2.24, 2.45) is 11.3 Å². The first kappa shape index (κ1) is 15.5. The number of aliphatic hydroxyl groups excluding tert-OH is 1. The third kappa shape index (κ3) is 3.83. The number of hydrogen-bond acceptors (Lipinski definition) is 2. The number of aliphatic hydroxyl groups is 1. The first-order valence-corrected chi connectivity index (χ1v) is 7.80. The van der Waals surface area contributed by atoms with Crippen LogP contribution >= 0.6 is 0 Å². The normalized spacial score (nSPS) is 25.9. The Balaban J connectivity index is 1.90. The van der Waals surface area contributed by atoms with Crippen LogP contribution < -0.4 is 0 Å². The first-order chi connectivity index (χ1) is 9.38. The highest BCUT2D eigenvalue weighted by Gasteiger charge is 2.37. The molecule has 2 heteroatoms. The summed E-state index contributed by atoms with van der Waals surface area (Å²) in [6.07, 6.45) is 3.37. The van der Waals surface area contributed by atoms with Crippen molar-refractivity contribution in [3.63, 3.8) is 0 Å². The zero-order chi connectivity index (χ0) is 14.8. The molecule has 0 amide bonds. The molecule has 2 atom stereocenters. The lowest BCUT2D eigenvalue weighted by Crippen LogP contribution is -2.44. The molecule has 0 aliphatic heterocycles. The highest BCUT2D eigenvalue weighted by Crippen LogP contribution is 2.39. The SMILES string of the molecule is Cc1ccc(CN(C)CC2CCCC(C)(C)C2O)cc1. The molecule has 2 nitrogen and oxygen atoms in total. The number of nitrogens with zero attached hydrogens (tertiary/aromatic N) is 1. The van der Waals surface area contributed by atoms with Gasteiger partial charge in [0.25, 0.3) is 0 Å². The fourth-order valence-electron chi connectivity index (χ4n) is 3.42. The van der Waals surface area contributed by atoms with Crippen LogP contribution in [-0.2, 0) is 6.54 Å². The summed E-state index contributed by atoms with van der Waals surface area (Å²) in [5, 5.41) is 10.5. The Hall–Kier alpha value is -0.860. The van der Waals surface area contributed by atoms with Gasteiger partial charge in [-0.1, -0.05) is 50.1 Å². The molecule has 1 N–H and O–H groups in total. The van der Waals surface area contributed by atoms with Crippen molar-refractivity contribution >= 4 is 0 Å². The minimum atomic E-state index is -0.170. The van der Waals surface area contributed by atoms with Gasteiger partial charge in [-0.3, -0.25) is 0 Å². The monoisotopic (exact) mass is 275 g/mol. The summed E-state index contributed by atoms with van der Waals surface area (Å²) >= 11 is 0. The van der Waals surface area contributed by atoms with Crippen molar-refractivity contribution < 1.29 is 5.11 Å². The van der Waals surface area contributed by atoms with Gasteiger partial charge in [-0.15, -0.1) is 0 Å². The molecule has 1 aliphatic carbocycles. The number of benzene rings is 1. The minimum absolute atomic E-state index is 0.0770.